The van der Waals surface area contributed by atoms with Gasteiger partial charge in [-0.15, -0.1) is 0 Å². The molecule has 0 bridgehead atoms. The first kappa shape index (κ1) is 14.5. The van der Waals surface area contributed by atoms with E-state index in [1.54, 1.807) is 25.5 Å². The van der Waals surface area contributed by atoms with E-state index >= 15 is 0 Å². The Kier molecular flexibility index (Phi) is 4.04. The molecule has 1 amide bonds. The number of carbonyl (C=O) groups is 1. The zero-order chi connectivity index (χ0) is 15.5. The van der Waals surface area contributed by atoms with Crippen molar-refractivity contribution in [3.63, 3.8) is 0 Å². The SMILES string of the molecule is CCc1noc(C)c1C(=O)N1CCN(c2cnccn2)CC1. The number of nitrogens with zero attached hydrogens (tertiary/aromatic N) is 5. The van der Waals surface area contributed by atoms with Crippen LogP contribution in [-0.4, -0.2) is 52.1 Å². The second kappa shape index (κ2) is 6.13. The highest BCUT2D eigenvalue weighted by atomic mass is 16.5. The van der Waals surface area contributed by atoms with Gasteiger partial charge in [0.1, 0.15) is 17.1 Å². The summed E-state index contributed by atoms with van der Waals surface area (Å²) in [6.07, 6.45) is 5.78. The molecule has 7 heteroatoms. The van der Waals surface area contributed by atoms with Gasteiger partial charge in [0.05, 0.1) is 11.9 Å². The van der Waals surface area contributed by atoms with E-state index in [0.29, 0.717) is 30.8 Å². The van der Waals surface area contributed by atoms with Gasteiger partial charge in [-0.2, -0.15) is 0 Å². The van der Waals surface area contributed by atoms with Gasteiger partial charge in [0.25, 0.3) is 5.91 Å². The quantitative estimate of drug-likeness (QED) is 0.850. The van der Waals surface area contributed by atoms with E-state index in [-0.39, 0.29) is 5.91 Å². The van der Waals surface area contributed by atoms with Gasteiger partial charge >= 0.3 is 0 Å². The van der Waals surface area contributed by atoms with Gasteiger partial charge in [-0.05, 0) is 13.3 Å². The van der Waals surface area contributed by atoms with Crippen LogP contribution in [0.2, 0.25) is 0 Å². The average Bonchev–Trinajstić information content (AvgIpc) is 2.96. The van der Waals surface area contributed by atoms with Crippen molar-refractivity contribution < 1.29 is 9.32 Å². The molecule has 0 N–H and O–H groups in total. The lowest BCUT2D eigenvalue weighted by Crippen LogP contribution is -2.49. The summed E-state index contributed by atoms with van der Waals surface area (Å²) in [4.78, 5) is 25.1. The molecule has 0 saturated carbocycles. The van der Waals surface area contributed by atoms with Gasteiger partial charge < -0.3 is 14.3 Å². The van der Waals surface area contributed by atoms with E-state index in [2.05, 4.69) is 20.0 Å². The highest BCUT2D eigenvalue weighted by Crippen LogP contribution is 2.19. The molecule has 3 rings (SSSR count). The van der Waals surface area contributed by atoms with Gasteiger partial charge in [0, 0.05) is 38.6 Å². The third-order valence-electron chi connectivity index (χ3n) is 3.92. The molecule has 3 heterocycles. The fraction of sp³-hybridized carbons (Fsp3) is 0.467. The van der Waals surface area contributed by atoms with Crippen LogP contribution in [0, 0.1) is 6.92 Å². The molecular formula is C15H19N5O2. The summed E-state index contributed by atoms with van der Waals surface area (Å²) in [5.74, 6) is 1.46. The number of aryl methyl sites for hydroxylation is 2. The first-order chi connectivity index (χ1) is 10.7. The predicted octanol–water partition coefficient (Wildman–Crippen LogP) is 1.30. The van der Waals surface area contributed by atoms with E-state index in [0.717, 1.165) is 24.6 Å². The monoisotopic (exact) mass is 301 g/mol. The molecule has 0 atom stereocenters. The number of anilines is 1. The zero-order valence-corrected chi connectivity index (χ0v) is 12.8. The number of rotatable bonds is 3. The Balaban J connectivity index is 1.69. The molecule has 0 radical (unpaired) electrons. The summed E-state index contributed by atoms with van der Waals surface area (Å²) in [5.41, 5.74) is 1.36. The Morgan fingerprint density at radius 3 is 2.68 bits per heavy atom. The molecule has 116 valence electrons. The van der Waals surface area contributed by atoms with E-state index in [1.807, 2.05) is 11.8 Å². The highest BCUT2D eigenvalue weighted by Gasteiger charge is 2.27. The summed E-state index contributed by atoms with van der Waals surface area (Å²) in [7, 11) is 0. The number of aromatic nitrogens is 3. The smallest absolute Gasteiger partial charge is 0.259 e. The van der Waals surface area contributed by atoms with E-state index in [9.17, 15) is 4.79 Å². The van der Waals surface area contributed by atoms with Crippen LogP contribution in [0.4, 0.5) is 5.82 Å². The molecule has 2 aromatic heterocycles. The number of carbonyl (C=O) groups excluding carboxylic acids is 1. The van der Waals surface area contributed by atoms with E-state index < -0.39 is 0 Å². The van der Waals surface area contributed by atoms with Crippen molar-refractivity contribution in [1.82, 2.24) is 20.0 Å². The largest absolute Gasteiger partial charge is 0.361 e. The van der Waals surface area contributed by atoms with Crippen molar-refractivity contribution in [2.45, 2.75) is 20.3 Å². The minimum atomic E-state index is 0.00870. The minimum absolute atomic E-state index is 0.00870. The van der Waals surface area contributed by atoms with Gasteiger partial charge in [-0.3, -0.25) is 9.78 Å². The molecule has 1 fully saturated rings. The van der Waals surface area contributed by atoms with Gasteiger partial charge in [0.2, 0.25) is 0 Å². The lowest BCUT2D eigenvalue weighted by molar-refractivity contribution is 0.0744. The molecule has 0 aliphatic carbocycles. The molecule has 2 aromatic rings. The van der Waals surface area contributed by atoms with Crippen LogP contribution in [0.25, 0.3) is 0 Å². The molecule has 0 aromatic carbocycles. The van der Waals surface area contributed by atoms with Crippen LogP contribution in [0.1, 0.15) is 28.7 Å². The third kappa shape index (κ3) is 2.66. The number of amides is 1. The summed E-state index contributed by atoms with van der Waals surface area (Å²) in [5, 5.41) is 3.96. The molecule has 1 aliphatic heterocycles. The van der Waals surface area contributed by atoms with Crippen LogP contribution in [0.3, 0.4) is 0 Å². The van der Waals surface area contributed by atoms with Crippen molar-refractivity contribution in [3.05, 3.63) is 35.6 Å². The Morgan fingerprint density at radius 1 is 1.27 bits per heavy atom. The van der Waals surface area contributed by atoms with Crippen molar-refractivity contribution in [1.29, 1.82) is 0 Å². The molecule has 7 nitrogen and oxygen atoms in total. The lowest BCUT2D eigenvalue weighted by atomic mass is 10.1. The number of hydrogen-bond donors (Lipinski definition) is 0. The second-order valence-corrected chi connectivity index (χ2v) is 5.26. The summed E-state index contributed by atoms with van der Waals surface area (Å²) < 4.78 is 5.16. The van der Waals surface area contributed by atoms with Crippen LogP contribution >= 0.6 is 0 Å². The van der Waals surface area contributed by atoms with Gasteiger partial charge in [-0.25, -0.2) is 4.98 Å². The summed E-state index contributed by atoms with van der Waals surface area (Å²) in [6.45, 7) is 6.56. The fourth-order valence-corrected chi connectivity index (χ4v) is 2.68. The van der Waals surface area contributed by atoms with Crippen LogP contribution in [0.5, 0.6) is 0 Å². The molecule has 0 unspecified atom stereocenters. The standard InChI is InChI=1S/C15H19N5O2/c1-3-12-14(11(2)22-18-12)15(21)20-8-6-19(7-9-20)13-10-16-4-5-17-13/h4-5,10H,3,6-9H2,1-2H3. The van der Waals surface area contributed by atoms with Crippen LogP contribution < -0.4 is 4.90 Å². The van der Waals surface area contributed by atoms with Crippen molar-refractivity contribution in [2.75, 3.05) is 31.1 Å². The second-order valence-electron chi connectivity index (χ2n) is 5.26. The fourth-order valence-electron chi connectivity index (χ4n) is 2.68. The Hall–Kier alpha value is -2.44. The van der Waals surface area contributed by atoms with Crippen LogP contribution in [-0.2, 0) is 6.42 Å². The molecule has 1 saturated heterocycles. The molecule has 1 aliphatic rings. The summed E-state index contributed by atoms with van der Waals surface area (Å²) in [6, 6.07) is 0. The Bertz CT molecular complexity index is 647. The third-order valence-corrected chi connectivity index (χ3v) is 3.92. The Labute approximate surface area is 128 Å². The predicted molar refractivity (Wildman–Crippen MR) is 80.8 cm³/mol. The van der Waals surface area contributed by atoms with Gasteiger partial charge in [0.15, 0.2) is 0 Å². The average molecular weight is 301 g/mol. The van der Waals surface area contributed by atoms with Crippen LogP contribution in [0.15, 0.2) is 23.1 Å². The zero-order valence-electron chi connectivity index (χ0n) is 12.8. The van der Waals surface area contributed by atoms with Crippen molar-refractivity contribution in [2.24, 2.45) is 0 Å². The van der Waals surface area contributed by atoms with Crippen molar-refractivity contribution in [3.8, 4) is 0 Å². The maximum atomic E-state index is 12.7. The minimum Gasteiger partial charge on any atom is -0.361 e. The Morgan fingerprint density at radius 2 is 2.05 bits per heavy atom. The topological polar surface area (TPSA) is 75.4 Å². The summed E-state index contributed by atoms with van der Waals surface area (Å²) >= 11 is 0. The maximum Gasteiger partial charge on any atom is 0.259 e. The molecule has 22 heavy (non-hydrogen) atoms. The normalized spacial score (nSPS) is 15.2. The van der Waals surface area contributed by atoms with Crippen molar-refractivity contribution >= 4 is 11.7 Å². The van der Waals surface area contributed by atoms with E-state index in [1.165, 1.54) is 0 Å². The first-order valence-corrected chi connectivity index (χ1v) is 7.46. The highest BCUT2D eigenvalue weighted by molar-refractivity contribution is 5.96. The number of hydrogen-bond acceptors (Lipinski definition) is 6. The van der Waals surface area contributed by atoms with E-state index in [4.69, 9.17) is 4.52 Å². The number of piperazine rings is 1. The molecular weight excluding hydrogens is 282 g/mol. The lowest BCUT2D eigenvalue weighted by Gasteiger charge is -2.35. The first-order valence-electron chi connectivity index (χ1n) is 7.46. The maximum absolute atomic E-state index is 12.7. The van der Waals surface area contributed by atoms with Gasteiger partial charge in [-0.1, -0.05) is 12.1 Å². The molecule has 0 spiro atoms.